The molecule has 0 saturated heterocycles. The Morgan fingerprint density at radius 2 is 2.05 bits per heavy atom. The molecule has 0 saturated carbocycles. The molecule has 3 rings (SSSR count). The first-order chi connectivity index (χ1) is 10.2. The van der Waals surface area contributed by atoms with Crippen molar-refractivity contribution in [2.24, 2.45) is 0 Å². The van der Waals surface area contributed by atoms with Gasteiger partial charge in [-0.2, -0.15) is 5.10 Å². The summed E-state index contributed by atoms with van der Waals surface area (Å²) in [6.45, 7) is 1.94. The van der Waals surface area contributed by atoms with Crippen LogP contribution in [0.1, 0.15) is 29.0 Å². The Balaban J connectivity index is 1.86. The van der Waals surface area contributed by atoms with Gasteiger partial charge in [0, 0.05) is 12.4 Å². The molecule has 1 amide bonds. The molecule has 5 nitrogen and oxygen atoms in total. The molecule has 1 atom stereocenters. The molecule has 2 heterocycles. The topological polar surface area (TPSA) is 59.3 Å². The fourth-order valence-corrected chi connectivity index (χ4v) is 2.64. The van der Waals surface area contributed by atoms with E-state index in [-0.39, 0.29) is 11.9 Å². The van der Waals surface area contributed by atoms with Gasteiger partial charge in [0.1, 0.15) is 0 Å². The van der Waals surface area contributed by atoms with Gasteiger partial charge in [-0.05, 0) is 34.5 Å². The van der Waals surface area contributed by atoms with Crippen LogP contribution in [-0.4, -0.2) is 20.5 Å². The van der Waals surface area contributed by atoms with Crippen molar-refractivity contribution in [2.75, 3.05) is 0 Å². The number of carbonyl (C=O) groups excluding carboxylic acids is 1. The van der Waals surface area contributed by atoms with Crippen molar-refractivity contribution in [1.29, 1.82) is 0 Å². The van der Waals surface area contributed by atoms with Crippen LogP contribution in [0.25, 0.3) is 5.65 Å². The summed E-state index contributed by atoms with van der Waals surface area (Å²) in [6, 6.07) is 11.5. The minimum atomic E-state index is -0.233. The third-order valence-corrected chi connectivity index (χ3v) is 3.93. The summed E-state index contributed by atoms with van der Waals surface area (Å²) in [4.78, 5) is 16.6. The molecule has 1 aromatic carbocycles. The van der Waals surface area contributed by atoms with Gasteiger partial charge in [0.05, 0.1) is 10.5 Å². The van der Waals surface area contributed by atoms with E-state index in [1.54, 1.807) is 23.0 Å². The molecule has 0 fully saturated rings. The van der Waals surface area contributed by atoms with E-state index in [1.807, 2.05) is 37.3 Å². The molecular formula is C15H13BrN4O. The first kappa shape index (κ1) is 13.8. The van der Waals surface area contributed by atoms with Gasteiger partial charge in [0.2, 0.25) is 0 Å². The standard InChI is InChI=1S/C15H13BrN4O/c1-10(11-6-3-2-4-7-11)18-15(21)13-12(16)14-17-8-5-9-20(14)19-13/h2-10H,1H3,(H,18,21). The second kappa shape index (κ2) is 5.65. The van der Waals surface area contributed by atoms with Crippen molar-refractivity contribution in [3.8, 4) is 0 Å². The van der Waals surface area contributed by atoms with Crippen molar-refractivity contribution in [3.05, 3.63) is 64.5 Å². The molecule has 1 unspecified atom stereocenters. The van der Waals surface area contributed by atoms with E-state index in [9.17, 15) is 4.79 Å². The lowest BCUT2D eigenvalue weighted by atomic mass is 10.1. The predicted octanol–water partition coefficient (Wildman–Crippen LogP) is 2.98. The first-order valence-electron chi connectivity index (χ1n) is 6.51. The lowest BCUT2D eigenvalue weighted by Crippen LogP contribution is -2.27. The maximum absolute atomic E-state index is 12.4. The lowest BCUT2D eigenvalue weighted by Gasteiger charge is -2.13. The zero-order chi connectivity index (χ0) is 14.8. The van der Waals surface area contributed by atoms with Crippen LogP contribution in [0.4, 0.5) is 0 Å². The first-order valence-corrected chi connectivity index (χ1v) is 7.31. The van der Waals surface area contributed by atoms with Crippen molar-refractivity contribution >= 4 is 27.5 Å². The van der Waals surface area contributed by atoms with Crippen LogP contribution in [-0.2, 0) is 0 Å². The van der Waals surface area contributed by atoms with Gasteiger partial charge in [0.15, 0.2) is 11.3 Å². The number of aromatic nitrogens is 3. The van der Waals surface area contributed by atoms with E-state index >= 15 is 0 Å². The summed E-state index contributed by atoms with van der Waals surface area (Å²) < 4.78 is 2.17. The van der Waals surface area contributed by atoms with E-state index in [1.165, 1.54) is 0 Å². The van der Waals surface area contributed by atoms with Crippen LogP contribution in [0.15, 0.2) is 53.3 Å². The Morgan fingerprint density at radius 1 is 1.29 bits per heavy atom. The van der Waals surface area contributed by atoms with Gasteiger partial charge in [-0.15, -0.1) is 0 Å². The molecule has 0 bridgehead atoms. The SMILES string of the molecule is CC(NC(=O)c1nn2cccnc2c1Br)c1ccccc1. The average Bonchev–Trinajstić information content (AvgIpc) is 2.86. The van der Waals surface area contributed by atoms with Crippen molar-refractivity contribution in [3.63, 3.8) is 0 Å². The maximum Gasteiger partial charge on any atom is 0.273 e. The molecule has 106 valence electrons. The van der Waals surface area contributed by atoms with Gasteiger partial charge in [-0.25, -0.2) is 9.50 Å². The number of fused-ring (bicyclic) bond motifs is 1. The summed E-state index contributed by atoms with van der Waals surface area (Å²) in [7, 11) is 0. The number of amides is 1. The van der Waals surface area contributed by atoms with E-state index < -0.39 is 0 Å². The Morgan fingerprint density at radius 3 is 2.76 bits per heavy atom. The highest BCUT2D eigenvalue weighted by molar-refractivity contribution is 9.10. The molecule has 2 aromatic heterocycles. The zero-order valence-electron chi connectivity index (χ0n) is 11.3. The fraction of sp³-hybridized carbons (Fsp3) is 0.133. The summed E-state index contributed by atoms with van der Waals surface area (Å²) in [5, 5.41) is 7.20. The highest BCUT2D eigenvalue weighted by atomic mass is 79.9. The summed E-state index contributed by atoms with van der Waals surface area (Å²) >= 11 is 3.39. The Kier molecular flexibility index (Phi) is 3.70. The van der Waals surface area contributed by atoms with Gasteiger partial charge < -0.3 is 5.32 Å². The van der Waals surface area contributed by atoms with Crippen LogP contribution >= 0.6 is 15.9 Å². The molecule has 0 aliphatic rings. The molecule has 6 heteroatoms. The predicted molar refractivity (Wildman–Crippen MR) is 83.0 cm³/mol. The summed E-state index contributed by atoms with van der Waals surface area (Å²) in [6.07, 6.45) is 3.42. The zero-order valence-corrected chi connectivity index (χ0v) is 12.9. The second-order valence-electron chi connectivity index (χ2n) is 4.66. The number of carbonyl (C=O) groups is 1. The van der Waals surface area contributed by atoms with Crippen LogP contribution in [0.5, 0.6) is 0 Å². The number of nitrogens with one attached hydrogen (secondary N) is 1. The van der Waals surface area contributed by atoms with E-state index in [4.69, 9.17) is 0 Å². The smallest absolute Gasteiger partial charge is 0.273 e. The molecule has 0 radical (unpaired) electrons. The number of hydrogen-bond donors (Lipinski definition) is 1. The van der Waals surface area contributed by atoms with Gasteiger partial charge in [0.25, 0.3) is 5.91 Å². The van der Waals surface area contributed by atoms with Gasteiger partial charge in [-0.3, -0.25) is 4.79 Å². The van der Waals surface area contributed by atoms with Crippen molar-refractivity contribution < 1.29 is 4.79 Å². The second-order valence-corrected chi connectivity index (χ2v) is 5.45. The third kappa shape index (κ3) is 2.67. The van der Waals surface area contributed by atoms with E-state index in [0.29, 0.717) is 15.8 Å². The van der Waals surface area contributed by atoms with E-state index in [0.717, 1.165) is 5.56 Å². The minimum absolute atomic E-state index is 0.0941. The number of benzene rings is 1. The third-order valence-electron chi connectivity index (χ3n) is 3.20. The molecule has 0 aliphatic carbocycles. The Hall–Kier alpha value is -2.21. The summed E-state index contributed by atoms with van der Waals surface area (Å²) in [5.41, 5.74) is 2.00. The van der Waals surface area contributed by atoms with Crippen molar-refractivity contribution in [1.82, 2.24) is 19.9 Å². The minimum Gasteiger partial charge on any atom is -0.344 e. The van der Waals surface area contributed by atoms with Gasteiger partial charge in [-0.1, -0.05) is 30.3 Å². The Bertz CT molecular complexity index is 785. The lowest BCUT2D eigenvalue weighted by molar-refractivity contribution is 0.0933. The number of halogens is 1. The van der Waals surface area contributed by atoms with E-state index in [2.05, 4.69) is 31.3 Å². The van der Waals surface area contributed by atoms with Crippen LogP contribution in [0, 0.1) is 0 Å². The van der Waals surface area contributed by atoms with Crippen LogP contribution in [0.3, 0.4) is 0 Å². The fourth-order valence-electron chi connectivity index (χ4n) is 2.09. The average molecular weight is 345 g/mol. The molecule has 21 heavy (non-hydrogen) atoms. The maximum atomic E-state index is 12.4. The monoisotopic (exact) mass is 344 g/mol. The molecular weight excluding hydrogens is 332 g/mol. The van der Waals surface area contributed by atoms with Crippen LogP contribution < -0.4 is 5.32 Å². The normalized spacial score (nSPS) is 12.3. The van der Waals surface area contributed by atoms with Crippen LogP contribution in [0.2, 0.25) is 0 Å². The number of hydrogen-bond acceptors (Lipinski definition) is 3. The number of rotatable bonds is 3. The van der Waals surface area contributed by atoms with Crippen molar-refractivity contribution in [2.45, 2.75) is 13.0 Å². The Labute approximate surface area is 130 Å². The summed E-state index contributed by atoms with van der Waals surface area (Å²) in [5.74, 6) is -0.233. The molecule has 1 N–H and O–H groups in total. The molecule has 0 aliphatic heterocycles. The largest absolute Gasteiger partial charge is 0.344 e. The van der Waals surface area contributed by atoms with Gasteiger partial charge >= 0.3 is 0 Å². The number of nitrogens with zero attached hydrogens (tertiary/aromatic N) is 3. The molecule has 3 aromatic rings. The quantitative estimate of drug-likeness (QED) is 0.794. The highest BCUT2D eigenvalue weighted by Crippen LogP contribution is 2.21. The molecule has 0 spiro atoms. The highest BCUT2D eigenvalue weighted by Gasteiger charge is 2.20.